The van der Waals surface area contributed by atoms with Crippen LogP contribution in [0, 0.1) is 11.8 Å². The van der Waals surface area contributed by atoms with Crippen molar-refractivity contribution in [1.29, 1.82) is 0 Å². The van der Waals surface area contributed by atoms with Crippen LogP contribution in [-0.4, -0.2) is 75.2 Å². The number of aliphatic hydroxyl groups excluding tert-OH is 1. The van der Waals surface area contributed by atoms with Gasteiger partial charge in [0.05, 0.1) is 45.1 Å². The van der Waals surface area contributed by atoms with Gasteiger partial charge in [-0.15, -0.1) is 0 Å². The SMILES string of the molecule is COc1cc(OC)c(OC)c2c1CC(C(=O)N[C@@H](CO)C(=O)N[C@@H](CC(C)C)B1OC(C)(C)C(C)(C)O1)CC2. The Balaban J connectivity index is 1.72. The molecule has 2 aliphatic rings. The van der Waals surface area contributed by atoms with E-state index in [2.05, 4.69) is 24.5 Å². The number of carbonyl (C=O) groups is 2. The first-order valence-corrected chi connectivity index (χ1v) is 13.7. The average molecular weight is 548 g/mol. The molecule has 1 aromatic carbocycles. The Bertz CT molecular complexity index is 1030. The molecule has 1 saturated heterocycles. The summed E-state index contributed by atoms with van der Waals surface area (Å²) in [7, 11) is 4.08. The van der Waals surface area contributed by atoms with E-state index in [-0.39, 0.29) is 11.8 Å². The lowest BCUT2D eigenvalue weighted by atomic mass is 9.74. The van der Waals surface area contributed by atoms with E-state index in [0.717, 1.165) is 11.1 Å². The minimum absolute atomic E-state index is 0.254. The minimum atomic E-state index is -1.11. The molecule has 10 nitrogen and oxygen atoms in total. The largest absolute Gasteiger partial charge is 0.496 e. The zero-order chi connectivity index (χ0) is 29.1. The molecule has 1 aromatic rings. The summed E-state index contributed by atoms with van der Waals surface area (Å²) in [6.45, 7) is 11.4. The van der Waals surface area contributed by atoms with Crippen molar-refractivity contribution in [1.82, 2.24) is 10.6 Å². The first-order valence-electron chi connectivity index (χ1n) is 13.7. The van der Waals surface area contributed by atoms with E-state index in [9.17, 15) is 14.7 Å². The van der Waals surface area contributed by atoms with Crippen LogP contribution in [0.5, 0.6) is 17.2 Å². The molecule has 3 N–H and O–H groups in total. The fourth-order valence-electron chi connectivity index (χ4n) is 5.21. The Morgan fingerprint density at radius 1 is 1.03 bits per heavy atom. The lowest BCUT2D eigenvalue weighted by molar-refractivity contribution is -0.132. The van der Waals surface area contributed by atoms with Crippen molar-refractivity contribution in [2.75, 3.05) is 27.9 Å². The summed E-state index contributed by atoms with van der Waals surface area (Å²) in [5, 5.41) is 15.8. The number of fused-ring (bicyclic) bond motifs is 1. The first kappa shape index (κ1) is 31.0. The fraction of sp³-hybridized carbons (Fsp3) is 0.714. The highest BCUT2D eigenvalue weighted by Gasteiger charge is 2.54. The molecular weight excluding hydrogens is 503 g/mol. The standard InChI is InChI=1S/C28H45BN2O8/c1-16(2)12-23(29-38-27(3,4)28(5,6)39-29)31-26(34)20(15-32)30-25(33)17-10-11-18-19(13-17)21(35-7)14-22(36-8)24(18)37-9/h14,16-17,20,23,32H,10-13,15H2,1-9H3,(H,30,33)(H,31,34)/t17?,20-,23-/m0/s1. The van der Waals surface area contributed by atoms with Gasteiger partial charge in [0.2, 0.25) is 11.8 Å². The molecule has 1 heterocycles. The number of hydrogen-bond acceptors (Lipinski definition) is 8. The van der Waals surface area contributed by atoms with Gasteiger partial charge in [-0.25, -0.2) is 0 Å². The second kappa shape index (κ2) is 12.3. The summed E-state index contributed by atoms with van der Waals surface area (Å²) in [6.07, 6.45) is 2.15. The number of hydrogen-bond donors (Lipinski definition) is 3. The van der Waals surface area contributed by atoms with E-state index >= 15 is 0 Å². The van der Waals surface area contributed by atoms with Crippen LogP contribution < -0.4 is 24.8 Å². The van der Waals surface area contributed by atoms with Crippen molar-refractivity contribution in [3.05, 3.63) is 17.2 Å². The third kappa shape index (κ3) is 6.64. The number of benzene rings is 1. The molecular formula is C28H45BN2O8. The number of aliphatic hydroxyl groups is 1. The van der Waals surface area contributed by atoms with Gasteiger partial charge >= 0.3 is 7.12 Å². The van der Waals surface area contributed by atoms with Gasteiger partial charge in [0, 0.05) is 23.1 Å². The monoisotopic (exact) mass is 548 g/mol. The first-order chi connectivity index (χ1) is 18.3. The summed E-state index contributed by atoms with van der Waals surface area (Å²) >= 11 is 0. The smallest absolute Gasteiger partial charge is 0.481 e. The molecule has 39 heavy (non-hydrogen) atoms. The predicted octanol–water partition coefficient (Wildman–Crippen LogP) is 2.46. The topological polar surface area (TPSA) is 125 Å². The third-order valence-corrected chi connectivity index (χ3v) is 8.10. The quantitative estimate of drug-likeness (QED) is 0.361. The van der Waals surface area contributed by atoms with E-state index in [4.69, 9.17) is 23.5 Å². The van der Waals surface area contributed by atoms with E-state index in [1.807, 2.05) is 27.7 Å². The summed E-state index contributed by atoms with van der Waals surface area (Å²) in [5.41, 5.74) is 0.734. The number of rotatable bonds is 11. The third-order valence-electron chi connectivity index (χ3n) is 8.10. The van der Waals surface area contributed by atoms with Gasteiger partial charge < -0.3 is 39.3 Å². The van der Waals surface area contributed by atoms with Crippen molar-refractivity contribution < 1.29 is 38.2 Å². The molecule has 0 aromatic heterocycles. The maximum absolute atomic E-state index is 13.3. The van der Waals surface area contributed by atoms with Crippen LogP contribution in [0.15, 0.2) is 6.07 Å². The minimum Gasteiger partial charge on any atom is -0.496 e. The molecule has 0 bridgehead atoms. The molecule has 2 amide bonds. The zero-order valence-electron chi connectivity index (χ0n) is 24.8. The van der Waals surface area contributed by atoms with Gasteiger partial charge in [-0.05, 0) is 59.3 Å². The van der Waals surface area contributed by atoms with E-state index in [1.165, 1.54) is 0 Å². The van der Waals surface area contributed by atoms with E-state index in [0.29, 0.717) is 42.9 Å². The molecule has 218 valence electrons. The molecule has 0 radical (unpaired) electrons. The van der Waals surface area contributed by atoms with Crippen LogP contribution >= 0.6 is 0 Å². The van der Waals surface area contributed by atoms with Gasteiger partial charge in [0.15, 0.2) is 11.5 Å². The average Bonchev–Trinajstić information content (AvgIpc) is 3.11. The van der Waals surface area contributed by atoms with Crippen LogP contribution in [0.4, 0.5) is 0 Å². The highest BCUT2D eigenvalue weighted by atomic mass is 16.7. The molecule has 1 aliphatic carbocycles. The Hall–Kier alpha value is -2.50. The predicted molar refractivity (Wildman–Crippen MR) is 148 cm³/mol. The highest BCUT2D eigenvalue weighted by Crippen LogP contribution is 2.44. The van der Waals surface area contributed by atoms with Gasteiger partial charge in [-0.1, -0.05) is 13.8 Å². The zero-order valence-corrected chi connectivity index (χ0v) is 24.8. The highest BCUT2D eigenvalue weighted by molar-refractivity contribution is 6.48. The molecule has 0 saturated carbocycles. The van der Waals surface area contributed by atoms with Crippen LogP contribution in [0.1, 0.15) is 65.5 Å². The second-order valence-electron chi connectivity index (χ2n) is 11.8. The van der Waals surface area contributed by atoms with Crippen LogP contribution in [0.3, 0.4) is 0 Å². The lowest BCUT2D eigenvalue weighted by Gasteiger charge is -2.32. The molecule has 1 fully saturated rings. The Morgan fingerprint density at radius 2 is 1.64 bits per heavy atom. The van der Waals surface area contributed by atoms with E-state index in [1.54, 1.807) is 27.4 Å². The number of carbonyl (C=O) groups excluding carboxylic acids is 2. The lowest BCUT2D eigenvalue weighted by Crippen LogP contribution is -2.56. The molecule has 3 atom stereocenters. The number of ether oxygens (including phenoxy) is 3. The summed E-state index contributed by atoms with van der Waals surface area (Å²) < 4.78 is 29.0. The van der Waals surface area contributed by atoms with Crippen molar-refractivity contribution in [2.24, 2.45) is 11.8 Å². The van der Waals surface area contributed by atoms with Crippen LogP contribution in [0.25, 0.3) is 0 Å². The summed E-state index contributed by atoms with van der Waals surface area (Å²) in [5.74, 6) is 0.456. The van der Waals surface area contributed by atoms with Crippen molar-refractivity contribution in [2.45, 2.75) is 90.4 Å². The number of nitrogens with one attached hydrogen (secondary N) is 2. The molecule has 1 unspecified atom stereocenters. The Labute approximate surface area is 232 Å². The molecule has 1 aliphatic heterocycles. The number of amides is 2. The van der Waals surface area contributed by atoms with Gasteiger partial charge in [0.1, 0.15) is 11.8 Å². The van der Waals surface area contributed by atoms with Crippen LogP contribution in [-0.2, 0) is 31.7 Å². The maximum Gasteiger partial charge on any atom is 0.481 e. The van der Waals surface area contributed by atoms with Crippen molar-refractivity contribution in [3.63, 3.8) is 0 Å². The van der Waals surface area contributed by atoms with Gasteiger partial charge in [0.25, 0.3) is 0 Å². The van der Waals surface area contributed by atoms with Gasteiger partial charge in [-0.3, -0.25) is 9.59 Å². The molecule has 11 heteroatoms. The number of methoxy groups -OCH3 is 3. The summed E-state index contributed by atoms with van der Waals surface area (Å²) in [6, 6.07) is 0.648. The second-order valence-corrected chi connectivity index (χ2v) is 11.8. The van der Waals surface area contributed by atoms with Crippen molar-refractivity contribution >= 4 is 18.9 Å². The molecule has 0 spiro atoms. The normalized spacial score (nSPS) is 21.1. The van der Waals surface area contributed by atoms with Crippen LogP contribution in [0.2, 0.25) is 0 Å². The van der Waals surface area contributed by atoms with Gasteiger partial charge in [-0.2, -0.15) is 0 Å². The molecule has 3 rings (SSSR count). The maximum atomic E-state index is 13.3. The Morgan fingerprint density at radius 3 is 2.15 bits per heavy atom. The van der Waals surface area contributed by atoms with E-state index < -0.39 is 48.7 Å². The summed E-state index contributed by atoms with van der Waals surface area (Å²) in [4.78, 5) is 26.6. The Kier molecular flexibility index (Phi) is 9.83. The van der Waals surface area contributed by atoms with Crippen molar-refractivity contribution in [3.8, 4) is 17.2 Å². The fourth-order valence-corrected chi connectivity index (χ4v) is 5.21.